The van der Waals surface area contributed by atoms with Crippen molar-refractivity contribution in [1.29, 1.82) is 0 Å². The predicted molar refractivity (Wildman–Crippen MR) is 49.6 cm³/mol. The van der Waals surface area contributed by atoms with Crippen molar-refractivity contribution in [1.82, 2.24) is 4.90 Å². The number of hydrogen-bond acceptors (Lipinski definition) is 2. The molecular formula is C10H12F2N2. The first-order valence-electron chi connectivity index (χ1n) is 4.57. The highest BCUT2D eigenvalue weighted by Crippen LogP contribution is 2.15. The zero-order valence-corrected chi connectivity index (χ0v) is 7.71. The Morgan fingerprint density at radius 2 is 2.07 bits per heavy atom. The van der Waals surface area contributed by atoms with Gasteiger partial charge in [0.25, 0.3) is 0 Å². The van der Waals surface area contributed by atoms with Gasteiger partial charge in [-0.2, -0.15) is 0 Å². The fraction of sp³-hybridized carbons (Fsp3) is 0.400. The van der Waals surface area contributed by atoms with Crippen LogP contribution in [-0.2, 0) is 6.54 Å². The number of nitrogens with zero attached hydrogens (tertiary/aromatic N) is 1. The van der Waals surface area contributed by atoms with Crippen molar-refractivity contribution in [3.8, 4) is 0 Å². The van der Waals surface area contributed by atoms with Crippen LogP contribution in [0.3, 0.4) is 0 Å². The van der Waals surface area contributed by atoms with Crippen molar-refractivity contribution in [3.05, 3.63) is 35.4 Å². The third-order valence-corrected chi connectivity index (χ3v) is 2.39. The van der Waals surface area contributed by atoms with Crippen LogP contribution in [0.4, 0.5) is 8.78 Å². The zero-order valence-electron chi connectivity index (χ0n) is 7.71. The van der Waals surface area contributed by atoms with E-state index < -0.39 is 5.82 Å². The summed E-state index contributed by atoms with van der Waals surface area (Å²) in [5.41, 5.74) is 5.98. The molecule has 1 fully saturated rings. The number of nitrogens with two attached hydrogens (primary N) is 1. The minimum atomic E-state index is -0.397. The second-order valence-corrected chi connectivity index (χ2v) is 3.69. The monoisotopic (exact) mass is 198 g/mol. The van der Waals surface area contributed by atoms with E-state index in [9.17, 15) is 8.78 Å². The van der Waals surface area contributed by atoms with Gasteiger partial charge >= 0.3 is 0 Å². The van der Waals surface area contributed by atoms with Crippen molar-refractivity contribution >= 4 is 0 Å². The van der Waals surface area contributed by atoms with Gasteiger partial charge in [0.1, 0.15) is 11.6 Å². The summed E-state index contributed by atoms with van der Waals surface area (Å²) in [4.78, 5) is 1.99. The van der Waals surface area contributed by atoms with E-state index >= 15 is 0 Å². The summed E-state index contributed by atoms with van der Waals surface area (Å²) in [6.45, 7) is 1.96. The molecule has 1 aromatic carbocycles. The van der Waals surface area contributed by atoms with Gasteiger partial charge < -0.3 is 5.73 Å². The minimum absolute atomic E-state index is 0.187. The molecule has 14 heavy (non-hydrogen) atoms. The summed E-state index contributed by atoms with van der Waals surface area (Å²) in [7, 11) is 0. The Bertz CT molecular complexity index is 335. The van der Waals surface area contributed by atoms with Crippen molar-refractivity contribution < 1.29 is 8.78 Å². The molecule has 76 valence electrons. The van der Waals surface area contributed by atoms with Crippen LogP contribution in [0.1, 0.15) is 5.56 Å². The van der Waals surface area contributed by atoms with Gasteiger partial charge in [-0.25, -0.2) is 8.78 Å². The lowest BCUT2D eigenvalue weighted by Crippen LogP contribution is -2.54. The highest BCUT2D eigenvalue weighted by atomic mass is 19.1. The first kappa shape index (κ1) is 9.55. The topological polar surface area (TPSA) is 29.3 Å². The summed E-state index contributed by atoms with van der Waals surface area (Å²) in [6, 6.07) is 3.70. The van der Waals surface area contributed by atoms with Crippen LogP contribution >= 0.6 is 0 Å². The number of rotatable bonds is 2. The van der Waals surface area contributed by atoms with E-state index in [-0.39, 0.29) is 11.9 Å². The van der Waals surface area contributed by atoms with E-state index in [0.29, 0.717) is 12.1 Å². The maximum absolute atomic E-state index is 13.2. The average Bonchev–Trinajstić information content (AvgIpc) is 2.09. The largest absolute Gasteiger partial charge is 0.325 e. The van der Waals surface area contributed by atoms with Gasteiger partial charge in [0.2, 0.25) is 0 Å². The summed E-state index contributed by atoms with van der Waals surface area (Å²) in [5.74, 6) is -0.752. The summed E-state index contributed by atoms with van der Waals surface area (Å²) < 4.78 is 25.9. The van der Waals surface area contributed by atoms with Gasteiger partial charge in [-0.1, -0.05) is 0 Å². The molecule has 2 N–H and O–H groups in total. The lowest BCUT2D eigenvalue weighted by atomic mass is 10.1. The fourth-order valence-corrected chi connectivity index (χ4v) is 1.64. The lowest BCUT2D eigenvalue weighted by Gasteiger charge is -2.36. The van der Waals surface area contributed by atoms with Crippen LogP contribution in [0.25, 0.3) is 0 Å². The van der Waals surface area contributed by atoms with Gasteiger partial charge in [-0.3, -0.25) is 4.90 Å². The molecule has 0 atom stereocenters. The van der Waals surface area contributed by atoms with E-state index in [1.54, 1.807) is 0 Å². The van der Waals surface area contributed by atoms with Gasteiger partial charge in [0.05, 0.1) is 0 Å². The van der Waals surface area contributed by atoms with Crippen molar-refractivity contribution in [2.45, 2.75) is 12.6 Å². The SMILES string of the molecule is NC1CN(Cc2cc(F)ccc2F)C1. The molecule has 2 nitrogen and oxygen atoms in total. The molecule has 0 amide bonds. The normalized spacial score (nSPS) is 18.2. The fourth-order valence-electron chi connectivity index (χ4n) is 1.64. The molecule has 2 rings (SSSR count). The van der Waals surface area contributed by atoms with Crippen molar-refractivity contribution in [3.63, 3.8) is 0 Å². The molecule has 0 radical (unpaired) electrons. The maximum atomic E-state index is 13.2. The van der Waals surface area contributed by atoms with Crippen LogP contribution in [-0.4, -0.2) is 24.0 Å². The molecule has 1 aromatic rings. The van der Waals surface area contributed by atoms with Crippen LogP contribution in [0, 0.1) is 11.6 Å². The first-order chi connectivity index (χ1) is 6.65. The smallest absolute Gasteiger partial charge is 0.127 e. The number of benzene rings is 1. The molecular weight excluding hydrogens is 186 g/mol. The van der Waals surface area contributed by atoms with Crippen molar-refractivity contribution in [2.75, 3.05) is 13.1 Å². The molecule has 1 aliphatic rings. The van der Waals surface area contributed by atoms with Crippen LogP contribution in [0.5, 0.6) is 0 Å². The molecule has 1 saturated heterocycles. The molecule has 0 spiro atoms. The third-order valence-electron chi connectivity index (χ3n) is 2.39. The summed E-state index contributed by atoms with van der Waals surface area (Å²) in [6.07, 6.45) is 0. The highest BCUT2D eigenvalue weighted by molar-refractivity contribution is 5.19. The zero-order chi connectivity index (χ0) is 10.1. The summed E-state index contributed by atoms with van der Waals surface area (Å²) >= 11 is 0. The minimum Gasteiger partial charge on any atom is -0.325 e. The maximum Gasteiger partial charge on any atom is 0.127 e. The van der Waals surface area contributed by atoms with E-state index in [1.807, 2.05) is 4.90 Å². The Morgan fingerprint density at radius 3 is 2.71 bits per heavy atom. The Labute approximate surface area is 81.3 Å². The van der Waals surface area contributed by atoms with Crippen LogP contribution in [0.2, 0.25) is 0 Å². The molecule has 0 unspecified atom stereocenters. The van der Waals surface area contributed by atoms with Gasteiger partial charge in [0.15, 0.2) is 0 Å². The average molecular weight is 198 g/mol. The first-order valence-corrected chi connectivity index (χ1v) is 4.57. The van der Waals surface area contributed by atoms with E-state index in [0.717, 1.165) is 25.2 Å². The van der Waals surface area contributed by atoms with Crippen molar-refractivity contribution in [2.24, 2.45) is 5.73 Å². The summed E-state index contributed by atoms with van der Waals surface area (Å²) in [5, 5.41) is 0. The highest BCUT2D eigenvalue weighted by Gasteiger charge is 2.23. The van der Waals surface area contributed by atoms with Crippen LogP contribution in [0.15, 0.2) is 18.2 Å². The van der Waals surface area contributed by atoms with E-state index in [2.05, 4.69) is 0 Å². The van der Waals surface area contributed by atoms with E-state index in [4.69, 9.17) is 5.73 Å². The molecule has 0 bridgehead atoms. The van der Waals surface area contributed by atoms with Gasteiger partial charge in [-0.05, 0) is 18.2 Å². The Morgan fingerprint density at radius 1 is 1.36 bits per heavy atom. The lowest BCUT2D eigenvalue weighted by molar-refractivity contribution is 0.140. The Kier molecular flexibility index (Phi) is 2.48. The molecule has 1 aliphatic heterocycles. The standard InChI is InChI=1S/C10H12F2N2/c11-8-1-2-10(12)7(3-8)4-14-5-9(13)6-14/h1-3,9H,4-6,13H2. The molecule has 0 aliphatic carbocycles. The number of likely N-dealkylation sites (tertiary alicyclic amines) is 1. The quantitative estimate of drug-likeness (QED) is 0.771. The van der Waals surface area contributed by atoms with Gasteiger partial charge in [0, 0.05) is 31.2 Å². The number of hydrogen-bond donors (Lipinski definition) is 1. The van der Waals surface area contributed by atoms with Gasteiger partial charge in [-0.15, -0.1) is 0 Å². The Balaban J connectivity index is 2.05. The van der Waals surface area contributed by atoms with Crippen LogP contribution < -0.4 is 5.73 Å². The molecule has 4 heteroatoms. The molecule has 0 saturated carbocycles. The third kappa shape index (κ3) is 1.91. The molecule has 1 heterocycles. The predicted octanol–water partition coefficient (Wildman–Crippen LogP) is 1.11. The number of halogens is 2. The second-order valence-electron chi connectivity index (χ2n) is 3.69. The molecule has 0 aromatic heterocycles. The Hall–Kier alpha value is -1.00. The second kappa shape index (κ2) is 3.63. The van der Waals surface area contributed by atoms with E-state index in [1.165, 1.54) is 6.07 Å².